The van der Waals surface area contributed by atoms with Crippen LogP contribution in [0.15, 0.2) is 35.7 Å². The number of benzene rings is 1. The Bertz CT molecular complexity index is 1040. The number of ether oxygens (including phenoxy) is 1. The first-order valence-corrected chi connectivity index (χ1v) is 13.4. The van der Waals surface area contributed by atoms with E-state index in [1.54, 1.807) is 11.8 Å². The van der Waals surface area contributed by atoms with E-state index in [1.165, 1.54) is 21.6 Å². The van der Waals surface area contributed by atoms with Crippen LogP contribution in [0, 0.1) is 6.92 Å². The smallest absolute Gasteiger partial charge is 0.306 e. The number of rotatable bonds is 8. The Labute approximate surface area is 211 Å². The van der Waals surface area contributed by atoms with E-state index in [4.69, 9.17) is 4.74 Å². The molecule has 1 saturated heterocycles. The third-order valence-corrected chi connectivity index (χ3v) is 7.99. The Morgan fingerprint density at radius 1 is 0.914 bits per heavy atom. The molecule has 1 aromatic heterocycles. The number of carbonyl (C=O) groups is 3. The van der Waals surface area contributed by atoms with Crippen LogP contribution in [0.2, 0.25) is 0 Å². The second-order valence-electron chi connectivity index (χ2n) is 9.16. The molecule has 0 saturated carbocycles. The van der Waals surface area contributed by atoms with Gasteiger partial charge in [-0.15, -0.1) is 11.3 Å². The van der Waals surface area contributed by atoms with Crippen molar-refractivity contribution in [1.29, 1.82) is 0 Å². The molecule has 4 rings (SSSR count). The number of nitrogens with zero attached hydrogens (tertiary/aromatic N) is 3. The minimum atomic E-state index is -0.342. The van der Waals surface area contributed by atoms with Crippen LogP contribution >= 0.6 is 11.3 Å². The van der Waals surface area contributed by atoms with Gasteiger partial charge in [0.05, 0.1) is 19.1 Å². The fourth-order valence-corrected chi connectivity index (χ4v) is 5.97. The van der Waals surface area contributed by atoms with E-state index in [0.717, 1.165) is 13.0 Å². The molecule has 0 N–H and O–H groups in total. The number of aryl methyl sites for hydroxylation is 1. The second kappa shape index (κ2) is 11.8. The van der Waals surface area contributed by atoms with Crippen molar-refractivity contribution in [2.45, 2.75) is 45.6 Å². The average molecular weight is 498 g/mol. The zero-order valence-corrected chi connectivity index (χ0v) is 21.5. The Morgan fingerprint density at radius 3 is 2.29 bits per heavy atom. The molecule has 2 aliphatic rings. The summed E-state index contributed by atoms with van der Waals surface area (Å²) in [6, 6.07) is 11.0. The summed E-state index contributed by atoms with van der Waals surface area (Å²) < 4.78 is 4.90. The number of carbonyl (C=O) groups excluding carboxylic acids is 3. The van der Waals surface area contributed by atoms with Gasteiger partial charge < -0.3 is 14.5 Å². The minimum Gasteiger partial charge on any atom is -0.466 e. The highest BCUT2D eigenvalue weighted by atomic mass is 32.1. The van der Waals surface area contributed by atoms with Crippen molar-refractivity contribution < 1.29 is 19.1 Å². The molecule has 0 bridgehead atoms. The highest BCUT2D eigenvalue weighted by molar-refractivity contribution is 7.10. The van der Waals surface area contributed by atoms with Gasteiger partial charge in [-0.2, -0.15) is 0 Å². The van der Waals surface area contributed by atoms with Crippen molar-refractivity contribution in [3.05, 3.63) is 57.3 Å². The predicted molar refractivity (Wildman–Crippen MR) is 136 cm³/mol. The van der Waals surface area contributed by atoms with Crippen LogP contribution < -0.4 is 0 Å². The van der Waals surface area contributed by atoms with Crippen molar-refractivity contribution in [2.24, 2.45) is 0 Å². The number of fused-ring (bicyclic) bond motifs is 1. The first-order chi connectivity index (χ1) is 17.0. The van der Waals surface area contributed by atoms with Crippen LogP contribution in [0.25, 0.3) is 0 Å². The van der Waals surface area contributed by atoms with Gasteiger partial charge >= 0.3 is 5.97 Å². The van der Waals surface area contributed by atoms with E-state index in [2.05, 4.69) is 47.5 Å². The molecule has 0 aliphatic carbocycles. The molecule has 2 amide bonds. The van der Waals surface area contributed by atoms with Crippen molar-refractivity contribution in [3.8, 4) is 0 Å². The number of amides is 2. The molecule has 188 valence electrons. The van der Waals surface area contributed by atoms with E-state index in [9.17, 15) is 14.4 Å². The zero-order chi connectivity index (χ0) is 24.8. The highest BCUT2D eigenvalue weighted by Gasteiger charge is 2.31. The van der Waals surface area contributed by atoms with Gasteiger partial charge in [-0.05, 0) is 48.4 Å². The topological polar surface area (TPSA) is 70.2 Å². The summed E-state index contributed by atoms with van der Waals surface area (Å²) in [4.78, 5) is 44.5. The molecule has 3 heterocycles. The van der Waals surface area contributed by atoms with Crippen LogP contribution in [0.5, 0.6) is 0 Å². The maximum Gasteiger partial charge on any atom is 0.306 e. The molecule has 7 nitrogen and oxygen atoms in total. The van der Waals surface area contributed by atoms with Gasteiger partial charge in [-0.1, -0.05) is 24.3 Å². The van der Waals surface area contributed by atoms with Gasteiger partial charge in [0.15, 0.2) is 0 Å². The predicted octanol–water partition coefficient (Wildman–Crippen LogP) is 3.41. The molecule has 0 unspecified atom stereocenters. The maximum absolute atomic E-state index is 13.0. The third kappa shape index (κ3) is 6.11. The van der Waals surface area contributed by atoms with E-state index < -0.39 is 0 Å². The van der Waals surface area contributed by atoms with Crippen molar-refractivity contribution in [3.63, 3.8) is 0 Å². The summed E-state index contributed by atoms with van der Waals surface area (Å²) in [7, 11) is 0. The van der Waals surface area contributed by atoms with E-state index in [1.807, 2.05) is 16.2 Å². The zero-order valence-electron chi connectivity index (χ0n) is 20.7. The lowest BCUT2D eigenvalue weighted by molar-refractivity contribution is -0.146. The minimum absolute atomic E-state index is 0.0499. The van der Waals surface area contributed by atoms with Crippen LogP contribution in [0.4, 0.5) is 0 Å². The van der Waals surface area contributed by atoms with Gasteiger partial charge in [-0.3, -0.25) is 19.3 Å². The van der Waals surface area contributed by atoms with E-state index in [0.29, 0.717) is 45.8 Å². The standard InChI is InChI=1S/C27H35N3O4S/c1-3-34-26(33)9-8-24(31)28-15-17-29(18-16-28)25(32)11-14-30-13-10-23-22(12-19-35-23)27(30)21-7-5-4-6-20(21)2/h4-7,12,19,27H,3,8-11,13-18H2,1-2H3/t27-/m1/s1. The molecule has 1 aromatic carbocycles. The van der Waals surface area contributed by atoms with Crippen LogP contribution in [0.1, 0.15) is 53.8 Å². The molecule has 2 aromatic rings. The average Bonchev–Trinajstić information content (AvgIpc) is 3.35. The van der Waals surface area contributed by atoms with Gasteiger partial charge in [0.2, 0.25) is 11.8 Å². The monoisotopic (exact) mass is 497 g/mol. The summed E-state index contributed by atoms with van der Waals surface area (Å²) in [5, 5.41) is 2.18. The Kier molecular flexibility index (Phi) is 8.57. The lowest BCUT2D eigenvalue weighted by atomic mass is 9.90. The Morgan fingerprint density at radius 2 is 1.60 bits per heavy atom. The summed E-state index contributed by atoms with van der Waals surface area (Å²) in [5.41, 5.74) is 3.96. The number of piperazine rings is 1. The molecule has 35 heavy (non-hydrogen) atoms. The van der Waals surface area contributed by atoms with E-state index in [-0.39, 0.29) is 36.7 Å². The largest absolute Gasteiger partial charge is 0.466 e. The van der Waals surface area contributed by atoms with Crippen LogP contribution in [-0.4, -0.2) is 78.4 Å². The lowest BCUT2D eigenvalue weighted by Crippen LogP contribution is -2.51. The Hall–Kier alpha value is -2.71. The first-order valence-electron chi connectivity index (χ1n) is 12.5. The SMILES string of the molecule is CCOC(=O)CCC(=O)N1CCN(C(=O)CCN2CCc3sccc3[C@H]2c2ccccc2C)CC1. The normalized spacial score (nSPS) is 18.3. The first kappa shape index (κ1) is 25.4. The number of hydrogen-bond donors (Lipinski definition) is 0. The maximum atomic E-state index is 13.0. The van der Waals surface area contributed by atoms with Crippen LogP contribution in [-0.2, 0) is 25.5 Å². The van der Waals surface area contributed by atoms with Gasteiger partial charge in [0, 0.05) is 57.0 Å². The molecule has 1 atom stereocenters. The molecule has 8 heteroatoms. The molecular formula is C27H35N3O4S. The fraction of sp³-hybridized carbons (Fsp3) is 0.519. The van der Waals surface area contributed by atoms with Gasteiger partial charge in [-0.25, -0.2) is 0 Å². The van der Waals surface area contributed by atoms with Crippen molar-refractivity contribution in [2.75, 3.05) is 45.9 Å². The Balaban J connectivity index is 1.30. The number of thiophene rings is 1. The molecule has 1 fully saturated rings. The summed E-state index contributed by atoms with van der Waals surface area (Å²) in [5.74, 6) is -0.250. The summed E-state index contributed by atoms with van der Waals surface area (Å²) in [6.45, 7) is 8.01. The van der Waals surface area contributed by atoms with Crippen LogP contribution in [0.3, 0.4) is 0 Å². The molecule has 2 aliphatic heterocycles. The number of esters is 1. The summed E-state index contributed by atoms with van der Waals surface area (Å²) in [6.07, 6.45) is 1.76. The van der Waals surface area contributed by atoms with Gasteiger partial charge in [0.1, 0.15) is 0 Å². The second-order valence-corrected chi connectivity index (χ2v) is 10.2. The summed E-state index contributed by atoms with van der Waals surface area (Å²) >= 11 is 1.83. The molecule has 0 radical (unpaired) electrons. The van der Waals surface area contributed by atoms with Gasteiger partial charge in [0.25, 0.3) is 0 Å². The molecular weight excluding hydrogens is 462 g/mol. The number of hydrogen-bond acceptors (Lipinski definition) is 6. The van der Waals surface area contributed by atoms with Crippen molar-refractivity contribution in [1.82, 2.24) is 14.7 Å². The highest BCUT2D eigenvalue weighted by Crippen LogP contribution is 2.38. The van der Waals surface area contributed by atoms with Crippen molar-refractivity contribution >= 4 is 29.1 Å². The lowest BCUT2D eigenvalue weighted by Gasteiger charge is -2.38. The molecule has 0 spiro atoms. The quantitative estimate of drug-likeness (QED) is 0.523. The third-order valence-electron chi connectivity index (χ3n) is 7.00. The van der Waals surface area contributed by atoms with E-state index >= 15 is 0 Å². The fourth-order valence-electron chi connectivity index (χ4n) is 5.07.